The lowest BCUT2D eigenvalue weighted by Crippen LogP contribution is -2.41. The van der Waals surface area contributed by atoms with Crippen LogP contribution >= 0.6 is 12.4 Å². The molecule has 1 aliphatic rings. The number of rotatable bonds is 8. The first-order chi connectivity index (χ1) is 16.8. The highest BCUT2D eigenvalue weighted by Crippen LogP contribution is 2.29. The number of Topliss-reactive ketones (excluding diaryl/α,β-unsaturated/α-hetero) is 1. The van der Waals surface area contributed by atoms with Gasteiger partial charge in [0.1, 0.15) is 6.10 Å². The van der Waals surface area contributed by atoms with Crippen molar-refractivity contribution in [1.82, 2.24) is 18.7 Å². The van der Waals surface area contributed by atoms with Crippen LogP contribution < -0.4 is 21.7 Å². The van der Waals surface area contributed by atoms with Crippen molar-refractivity contribution in [2.24, 2.45) is 18.7 Å². The molecule has 0 bridgehead atoms. The third-order valence-electron chi connectivity index (χ3n) is 6.68. The van der Waals surface area contributed by atoms with E-state index in [1.165, 1.54) is 4.57 Å². The molecule has 0 saturated heterocycles. The van der Waals surface area contributed by atoms with Gasteiger partial charge in [-0.1, -0.05) is 48.4 Å². The molecule has 4 rings (SSSR count). The van der Waals surface area contributed by atoms with Crippen LogP contribution in [-0.2, 0) is 20.1 Å². The number of benzene rings is 1. The second kappa shape index (κ2) is 11.7. The summed E-state index contributed by atoms with van der Waals surface area (Å²) in [7, 11) is 1.55. The topological polar surface area (TPSA) is 114 Å². The number of hydrogen-bond donors (Lipinski definition) is 1. The third-order valence-corrected chi connectivity index (χ3v) is 6.68. The number of allylic oxidation sites excluding steroid dienone is 2. The molecule has 1 aliphatic carbocycles. The molecular weight excluding hydrogens is 482 g/mol. The molecule has 0 radical (unpaired) electrons. The van der Waals surface area contributed by atoms with Crippen LogP contribution in [0.15, 0.2) is 51.6 Å². The number of aryl methyl sites for hydroxylation is 1. The lowest BCUT2D eigenvalue weighted by Gasteiger charge is -2.30. The van der Waals surface area contributed by atoms with Crippen LogP contribution in [0.1, 0.15) is 49.9 Å². The van der Waals surface area contributed by atoms with E-state index in [-0.39, 0.29) is 47.9 Å². The number of nitrogens with zero attached hydrogens (tertiary/aromatic N) is 4. The Morgan fingerprint density at radius 3 is 2.50 bits per heavy atom. The predicted molar refractivity (Wildman–Crippen MR) is 142 cm³/mol. The Kier molecular flexibility index (Phi) is 8.92. The van der Waals surface area contributed by atoms with E-state index in [2.05, 4.69) is 4.98 Å². The monoisotopic (exact) mass is 515 g/mol. The molecule has 2 atom stereocenters. The number of aromatic nitrogens is 4. The lowest BCUT2D eigenvalue weighted by atomic mass is 9.86. The number of ether oxygens (including phenoxy) is 1. The number of hydrogen-bond acceptors (Lipinski definition) is 6. The molecule has 2 N–H and O–H groups in total. The minimum absolute atomic E-state index is 0. The van der Waals surface area contributed by atoms with Crippen molar-refractivity contribution in [2.75, 3.05) is 6.54 Å². The van der Waals surface area contributed by atoms with Crippen LogP contribution in [-0.4, -0.2) is 37.1 Å². The zero-order valence-corrected chi connectivity index (χ0v) is 21.8. The minimum Gasteiger partial charge on any atom is -0.461 e. The number of nitrogens with two attached hydrogens (primary N) is 1. The van der Waals surface area contributed by atoms with Gasteiger partial charge >= 0.3 is 5.69 Å². The number of carbonyl (C=O) groups excluding carboxylic acids is 1. The Morgan fingerprint density at radius 1 is 1.14 bits per heavy atom. The molecule has 2 heterocycles. The third kappa shape index (κ3) is 5.47. The van der Waals surface area contributed by atoms with Gasteiger partial charge in [-0.25, -0.2) is 4.79 Å². The molecule has 9 nitrogen and oxygen atoms in total. The highest BCUT2D eigenvalue weighted by Gasteiger charge is 2.29. The summed E-state index contributed by atoms with van der Waals surface area (Å²) in [6.07, 6.45) is 5.88. The minimum atomic E-state index is -0.595. The summed E-state index contributed by atoms with van der Waals surface area (Å²) < 4.78 is 10.3. The van der Waals surface area contributed by atoms with Gasteiger partial charge in [-0.3, -0.25) is 23.3 Å². The first-order valence-corrected chi connectivity index (χ1v) is 12.1. The molecule has 1 aromatic carbocycles. The van der Waals surface area contributed by atoms with Crippen molar-refractivity contribution >= 4 is 29.4 Å². The van der Waals surface area contributed by atoms with Crippen LogP contribution in [0.25, 0.3) is 11.2 Å². The van der Waals surface area contributed by atoms with Crippen LogP contribution in [0.2, 0.25) is 0 Å². The molecule has 194 valence electrons. The summed E-state index contributed by atoms with van der Waals surface area (Å²) >= 11 is 0. The molecule has 1 fully saturated rings. The second-order valence-corrected chi connectivity index (χ2v) is 9.42. The summed E-state index contributed by atoms with van der Waals surface area (Å²) in [6, 6.07) is 8.92. The van der Waals surface area contributed by atoms with Crippen LogP contribution in [0.4, 0.5) is 0 Å². The molecule has 36 heavy (non-hydrogen) atoms. The number of fused-ring (bicyclic) bond motifs is 1. The highest BCUT2D eigenvalue weighted by molar-refractivity contribution is 5.95. The van der Waals surface area contributed by atoms with Gasteiger partial charge in [0.25, 0.3) is 11.6 Å². The van der Waals surface area contributed by atoms with Crippen molar-refractivity contribution in [2.45, 2.75) is 58.7 Å². The van der Waals surface area contributed by atoms with E-state index >= 15 is 0 Å². The van der Waals surface area contributed by atoms with Crippen molar-refractivity contribution in [3.8, 4) is 6.01 Å². The van der Waals surface area contributed by atoms with E-state index in [0.29, 0.717) is 24.7 Å². The summed E-state index contributed by atoms with van der Waals surface area (Å²) in [4.78, 5) is 44.1. The van der Waals surface area contributed by atoms with Gasteiger partial charge in [0.05, 0.1) is 6.54 Å². The van der Waals surface area contributed by atoms with E-state index < -0.39 is 11.2 Å². The van der Waals surface area contributed by atoms with E-state index in [0.717, 1.165) is 35.8 Å². The zero-order chi connectivity index (χ0) is 25.1. The predicted octanol–water partition coefficient (Wildman–Crippen LogP) is 3.06. The van der Waals surface area contributed by atoms with Gasteiger partial charge in [-0.05, 0) is 39.7 Å². The maximum absolute atomic E-state index is 13.6. The van der Waals surface area contributed by atoms with E-state index in [4.69, 9.17) is 10.5 Å². The summed E-state index contributed by atoms with van der Waals surface area (Å²) in [5.74, 6) is -0.103. The van der Waals surface area contributed by atoms with Crippen molar-refractivity contribution in [3.63, 3.8) is 0 Å². The SMILES string of the molecule is CC(C)=CCn1c(OC2CCCCC2CN)nc2c1c(=O)n(CC(=O)c1ccccc1)c(=O)n2C.Cl. The van der Waals surface area contributed by atoms with Gasteiger partial charge in [0.15, 0.2) is 16.9 Å². The van der Waals surface area contributed by atoms with Gasteiger partial charge < -0.3 is 10.5 Å². The Labute approximate surface area is 216 Å². The fourth-order valence-electron chi connectivity index (χ4n) is 4.62. The smallest absolute Gasteiger partial charge is 0.332 e. The molecule has 0 amide bonds. The van der Waals surface area contributed by atoms with E-state index in [1.807, 2.05) is 19.9 Å². The van der Waals surface area contributed by atoms with Crippen LogP contribution in [0.5, 0.6) is 6.01 Å². The molecule has 2 aromatic heterocycles. The highest BCUT2D eigenvalue weighted by atomic mass is 35.5. The largest absolute Gasteiger partial charge is 0.461 e. The number of imidazole rings is 1. The maximum Gasteiger partial charge on any atom is 0.332 e. The normalized spacial score (nSPS) is 17.4. The average Bonchev–Trinajstić information content (AvgIpc) is 3.23. The lowest BCUT2D eigenvalue weighted by molar-refractivity contribution is 0.0841. The van der Waals surface area contributed by atoms with E-state index in [9.17, 15) is 14.4 Å². The molecule has 10 heteroatoms. The average molecular weight is 516 g/mol. The van der Waals surface area contributed by atoms with Gasteiger partial charge in [-0.2, -0.15) is 4.98 Å². The summed E-state index contributed by atoms with van der Waals surface area (Å²) in [6.45, 7) is 4.46. The van der Waals surface area contributed by atoms with Gasteiger partial charge in [-0.15, -0.1) is 12.4 Å². The van der Waals surface area contributed by atoms with Gasteiger partial charge in [0.2, 0.25) is 0 Å². The Morgan fingerprint density at radius 2 is 1.83 bits per heavy atom. The quantitative estimate of drug-likeness (QED) is 0.364. The first-order valence-electron chi connectivity index (χ1n) is 12.1. The maximum atomic E-state index is 13.6. The molecule has 0 spiro atoms. The zero-order valence-electron chi connectivity index (χ0n) is 21.0. The molecule has 0 aliphatic heterocycles. The first kappa shape index (κ1) is 27.4. The van der Waals surface area contributed by atoms with Crippen molar-refractivity contribution in [3.05, 3.63) is 68.4 Å². The standard InChI is InChI=1S/C26H33N5O4.ClH/c1-17(2)13-14-30-22-23(28-25(30)35-21-12-8-7-11-19(21)15-27)29(3)26(34)31(24(22)33)16-20(32)18-9-5-4-6-10-18;/h4-6,9-10,13,19,21H,7-8,11-12,14-16,27H2,1-3H3;1H. The van der Waals surface area contributed by atoms with Crippen molar-refractivity contribution in [1.29, 1.82) is 0 Å². The molecule has 2 unspecified atom stereocenters. The second-order valence-electron chi connectivity index (χ2n) is 9.42. The Balaban J connectivity index is 0.00000361. The molecule has 1 saturated carbocycles. The van der Waals surface area contributed by atoms with Crippen molar-refractivity contribution < 1.29 is 9.53 Å². The number of carbonyl (C=O) groups is 1. The fourth-order valence-corrected chi connectivity index (χ4v) is 4.62. The molecular formula is C26H34ClN5O4. The Hall–Kier alpha value is -3.17. The molecule has 3 aromatic rings. The summed E-state index contributed by atoms with van der Waals surface area (Å²) in [5.41, 5.74) is 6.82. The van der Waals surface area contributed by atoms with E-state index in [1.54, 1.807) is 41.9 Å². The van der Waals surface area contributed by atoms with Crippen LogP contribution in [0, 0.1) is 5.92 Å². The number of halogens is 1. The van der Waals surface area contributed by atoms with Crippen LogP contribution in [0.3, 0.4) is 0 Å². The summed E-state index contributed by atoms with van der Waals surface area (Å²) in [5, 5.41) is 0. The number of ketones is 1. The van der Waals surface area contributed by atoms with Gasteiger partial charge in [0, 0.05) is 25.1 Å². The Bertz CT molecular complexity index is 1370. The fraction of sp³-hybridized carbons (Fsp3) is 0.462.